The van der Waals surface area contributed by atoms with Gasteiger partial charge in [-0.15, -0.1) is 11.3 Å². The number of carbonyl (C=O) groups excluding carboxylic acids is 1. The van der Waals surface area contributed by atoms with Gasteiger partial charge in [0.2, 0.25) is 0 Å². The number of aromatic nitrogens is 4. The molecule has 8 rings (SSSR count). The van der Waals surface area contributed by atoms with Gasteiger partial charge in [0.1, 0.15) is 35.5 Å². The highest BCUT2D eigenvalue weighted by Crippen LogP contribution is 2.53. The van der Waals surface area contributed by atoms with Crippen LogP contribution < -0.4 is 20.3 Å². The third-order valence-corrected chi connectivity index (χ3v) is 12.0. The molecule has 2 N–H and O–H groups in total. The molecule has 250 valence electrons. The van der Waals surface area contributed by atoms with E-state index in [1.54, 1.807) is 14.1 Å². The smallest absolute Gasteiger partial charge is 0.320 e. The van der Waals surface area contributed by atoms with Gasteiger partial charge in [0.05, 0.1) is 23.3 Å². The number of halogens is 1. The maximum absolute atomic E-state index is 14.6. The number of nitrogen functional groups attached to an aromatic ring is 1. The summed E-state index contributed by atoms with van der Waals surface area (Å²) in [4.78, 5) is 31.4. The zero-order chi connectivity index (χ0) is 33.4. The Kier molecular flexibility index (Phi) is 7.27. The van der Waals surface area contributed by atoms with Crippen molar-refractivity contribution in [1.82, 2.24) is 29.5 Å². The average Bonchev–Trinajstić information content (AvgIpc) is 3.82. The van der Waals surface area contributed by atoms with E-state index in [1.165, 1.54) is 21.1 Å². The standard InChI is InChI=1S/C33H38FN11O2S/c1-41(2)30(46)24-11-21-16-42(8-4-10-45(21)40-24)28-23(14-36)29(39-31(38-28)47-19-33-6-3-9-44(33)15-20(34)12-33)43-17-32(18-43)7-5-25-26(32)22(13-35)27(37)48-25/h11,20H,3-10,12,15-19,37H2,1-2H3/t20-,33+/m1/s1. The Labute approximate surface area is 282 Å². The van der Waals surface area contributed by atoms with Crippen LogP contribution in [0.4, 0.5) is 21.0 Å². The first-order valence-corrected chi connectivity index (χ1v) is 17.4. The van der Waals surface area contributed by atoms with Gasteiger partial charge in [-0.2, -0.15) is 25.6 Å². The number of nitriles is 2. The molecule has 0 aromatic carbocycles. The largest absolute Gasteiger partial charge is 0.461 e. The molecule has 1 spiro atoms. The number of amides is 1. The third-order valence-electron chi connectivity index (χ3n) is 10.9. The van der Waals surface area contributed by atoms with Gasteiger partial charge < -0.3 is 25.2 Å². The van der Waals surface area contributed by atoms with Crippen LogP contribution in [0, 0.1) is 22.7 Å². The molecule has 0 bridgehead atoms. The lowest BCUT2D eigenvalue weighted by Crippen LogP contribution is -2.59. The van der Waals surface area contributed by atoms with Crippen molar-refractivity contribution in [3.05, 3.63) is 39.0 Å². The van der Waals surface area contributed by atoms with Crippen molar-refractivity contribution in [2.45, 2.75) is 68.7 Å². The van der Waals surface area contributed by atoms with E-state index in [1.807, 2.05) is 15.6 Å². The van der Waals surface area contributed by atoms with Crippen LogP contribution in [0.2, 0.25) is 0 Å². The fourth-order valence-electron chi connectivity index (χ4n) is 8.64. The predicted molar refractivity (Wildman–Crippen MR) is 177 cm³/mol. The molecule has 7 heterocycles. The number of aryl methyl sites for hydroxylation is 2. The second-order valence-corrected chi connectivity index (χ2v) is 15.2. The van der Waals surface area contributed by atoms with Crippen molar-refractivity contribution in [2.75, 3.05) is 69.0 Å². The lowest BCUT2D eigenvalue weighted by molar-refractivity contribution is 0.0821. The fraction of sp³-hybridized carbons (Fsp3) is 0.576. The van der Waals surface area contributed by atoms with E-state index in [0.717, 1.165) is 49.9 Å². The van der Waals surface area contributed by atoms with Gasteiger partial charge in [0.15, 0.2) is 17.3 Å². The SMILES string of the molecule is CN(C)C(=O)c1cc2n(n1)CCCN(c1nc(OC[C@@]34CCCN3C[C@H](F)C4)nc(N3CC4(CCc5sc(N)c(C#N)c54)C3)c1C#N)C2. The third kappa shape index (κ3) is 4.77. The lowest BCUT2D eigenvalue weighted by Gasteiger charge is -2.49. The number of nitrogens with zero attached hydrogens (tertiary/aromatic N) is 10. The molecule has 15 heteroatoms. The summed E-state index contributed by atoms with van der Waals surface area (Å²) in [6.07, 6.45) is 3.91. The summed E-state index contributed by atoms with van der Waals surface area (Å²) in [5.74, 6) is 0.792. The Morgan fingerprint density at radius 2 is 1.90 bits per heavy atom. The molecule has 3 aromatic rings. The Morgan fingerprint density at radius 1 is 1.12 bits per heavy atom. The number of ether oxygens (including phenoxy) is 1. The maximum Gasteiger partial charge on any atom is 0.320 e. The first-order chi connectivity index (χ1) is 23.1. The quantitative estimate of drug-likeness (QED) is 0.411. The van der Waals surface area contributed by atoms with Gasteiger partial charge >= 0.3 is 6.01 Å². The molecule has 5 aliphatic rings. The minimum Gasteiger partial charge on any atom is -0.461 e. The Morgan fingerprint density at radius 3 is 2.65 bits per heavy atom. The highest BCUT2D eigenvalue weighted by Gasteiger charge is 2.53. The normalized spacial score (nSPS) is 24.0. The van der Waals surface area contributed by atoms with E-state index >= 15 is 0 Å². The number of nitrogens with two attached hydrogens (primary N) is 1. The number of rotatable bonds is 6. The first kappa shape index (κ1) is 30.8. The molecular weight excluding hydrogens is 634 g/mol. The number of anilines is 3. The summed E-state index contributed by atoms with van der Waals surface area (Å²) in [6.45, 7) is 4.37. The summed E-state index contributed by atoms with van der Waals surface area (Å²) in [5, 5.41) is 25.7. The molecule has 4 aliphatic heterocycles. The molecule has 3 fully saturated rings. The number of fused-ring (bicyclic) bond motifs is 4. The number of hydrogen-bond acceptors (Lipinski definition) is 12. The van der Waals surface area contributed by atoms with Gasteiger partial charge in [-0.25, -0.2) is 4.39 Å². The number of thiophene rings is 1. The second-order valence-electron chi connectivity index (χ2n) is 14.1. The van der Waals surface area contributed by atoms with Crippen molar-refractivity contribution >= 4 is 33.9 Å². The van der Waals surface area contributed by atoms with E-state index in [0.29, 0.717) is 79.1 Å². The van der Waals surface area contributed by atoms with Crippen LogP contribution in [0.25, 0.3) is 0 Å². The monoisotopic (exact) mass is 671 g/mol. The lowest BCUT2D eigenvalue weighted by atomic mass is 9.74. The zero-order valence-electron chi connectivity index (χ0n) is 27.2. The first-order valence-electron chi connectivity index (χ1n) is 16.6. The Bertz CT molecular complexity index is 1890. The van der Waals surface area contributed by atoms with Gasteiger partial charge in [-0.05, 0) is 50.3 Å². The summed E-state index contributed by atoms with van der Waals surface area (Å²) >= 11 is 1.51. The molecule has 0 saturated carbocycles. The van der Waals surface area contributed by atoms with Gasteiger partial charge in [-0.1, -0.05) is 0 Å². The average molecular weight is 672 g/mol. The Hall–Kier alpha value is -4.47. The van der Waals surface area contributed by atoms with Crippen LogP contribution in [0.15, 0.2) is 6.07 Å². The number of hydrogen-bond donors (Lipinski definition) is 1. The van der Waals surface area contributed by atoms with E-state index in [-0.39, 0.29) is 29.5 Å². The van der Waals surface area contributed by atoms with Crippen molar-refractivity contribution in [3.8, 4) is 18.1 Å². The maximum atomic E-state index is 14.6. The van der Waals surface area contributed by atoms with Crippen LogP contribution in [0.3, 0.4) is 0 Å². The van der Waals surface area contributed by atoms with Crippen LogP contribution >= 0.6 is 11.3 Å². The molecule has 48 heavy (non-hydrogen) atoms. The molecule has 1 aliphatic carbocycles. The van der Waals surface area contributed by atoms with Gasteiger partial charge in [-0.3, -0.25) is 14.4 Å². The summed E-state index contributed by atoms with van der Waals surface area (Å²) in [7, 11) is 3.40. The highest BCUT2D eigenvalue weighted by atomic mass is 32.1. The minimum atomic E-state index is -0.883. The number of carbonyl (C=O) groups is 1. The topological polar surface area (TPSA) is 156 Å². The minimum absolute atomic E-state index is 0.161. The zero-order valence-corrected chi connectivity index (χ0v) is 28.0. The van der Waals surface area contributed by atoms with Crippen LogP contribution in [-0.2, 0) is 24.9 Å². The van der Waals surface area contributed by atoms with Crippen LogP contribution in [0.5, 0.6) is 6.01 Å². The van der Waals surface area contributed by atoms with Gasteiger partial charge in [0, 0.05) is 63.5 Å². The molecule has 1 amide bonds. The molecule has 13 nitrogen and oxygen atoms in total. The summed E-state index contributed by atoms with van der Waals surface area (Å²) in [6, 6.07) is 6.71. The van der Waals surface area contributed by atoms with E-state index in [9.17, 15) is 19.7 Å². The Balaban J connectivity index is 1.15. The van der Waals surface area contributed by atoms with Crippen molar-refractivity contribution < 1.29 is 13.9 Å². The van der Waals surface area contributed by atoms with E-state index in [4.69, 9.17) is 20.4 Å². The van der Waals surface area contributed by atoms with Gasteiger partial charge in [0.25, 0.3) is 5.91 Å². The molecule has 3 saturated heterocycles. The van der Waals surface area contributed by atoms with Crippen LogP contribution in [-0.4, -0.2) is 101 Å². The summed E-state index contributed by atoms with van der Waals surface area (Å²) in [5.41, 5.74) is 8.84. The molecule has 0 radical (unpaired) electrons. The molecular formula is C33H38FN11O2S. The van der Waals surface area contributed by atoms with E-state index < -0.39 is 6.17 Å². The van der Waals surface area contributed by atoms with Crippen molar-refractivity contribution in [1.29, 1.82) is 10.5 Å². The molecule has 0 unspecified atom stereocenters. The predicted octanol–water partition coefficient (Wildman–Crippen LogP) is 2.83. The summed E-state index contributed by atoms with van der Waals surface area (Å²) < 4.78 is 22.8. The molecule has 3 aromatic heterocycles. The fourth-order valence-corrected chi connectivity index (χ4v) is 9.78. The van der Waals surface area contributed by atoms with E-state index in [2.05, 4.69) is 27.0 Å². The van der Waals surface area contributed by atoms with Crippen LogP contribution in [0.1, 0.15) is 69.9 Å². The molecule has 2 atom stereocenters. The van der Waals surface area contributed by atoms with Crippen molar-refractivity contribution in [3.63, 3.8) is 0 Å². The highest BCUT2D eigenvalue weighted by molar-refractivity contribution is 7.16. The second kappa shape index (κ2) is 11.3. The number of alkyl halides is 1. The van der Waals surface area contributed by atoms with Crippen molar-refractivity contribution in [2.24, 2.45) is 0 Å².